The lowest BCUT2D eigenvalue weighted by molar-refractivity contribution is 0.0604. The lowest BCUT2D eigenvalue weighted by Crippen LogP contribution is -2.35. The molecule has 29 heavy (non-hydrogen) atoms. The molecule has 1 N–H and O–H groups in total. The van der Waals surface area contributed by atoms with Crippen molar-refractivity contribution >= 4 is 0 Å². The van der Waals surface area contributed by atoms with Crippen LogP contribution < -0.4 is 4.74 Å². The summed E-state index contributed by atoms with van der Waals surface area (Å²) in [7, 11) is 0. The minimum absolute atomic E-state index is 0.256. The predicted molar refractivity (Wildman–Crippen MR) is 116 cm³/mol. The second kappa shape index (κ2) is 10.3. The van der Waals surface area contributed by atoms with E-state index in [0.29, 0.717) is 13.1 Å². The van der Waals surface area contributed by atoms with E-state index in [1.54, 1.807) is 6.26 Å². The molecule has 0 spiro atoms. The lowest BCUT2D eigenvalue weighted by atomic mass is 10.1. The maximum atomic E-state index is 10.6. The zero-order valence-electron chi connectivity index (χ0n) is 17.6. The highest BCUT2D eigenvalue weighted by molar-refractivity contribution is 5.33. The largest absolute Gasteiger partial charge is 0.491 e. The standard InChI is InChI=1S/C25H31NO3/c1-4-21-7-9-22(10-8-21)15-26(17-24-6-5-11-28-24)16-23(27)18-29-25-13-19(2)12-20(3)14-25/h5-14,23,27H,4,15-18H2,1-3H3. The fourth-order valence-electron chi connectivity index (χ4n) is 3.51. The van der Waals surface area contributed by atoms with Crippen molar-refractivity contribution in [3.05, 3.63) is 88.9 Å². The third-order valence-corrected chi connectivity index (χ3v) is 4.90. The predicted octanol–water partition coefficient (Wildman–Crippen LogP) is 4.90. The molecule has 0 aliphatic rings. The lowest BCUT2D eigenvalue weighted by Gasteiger charge is -2.24. The summed E-state index contributed by atoms with van der Waals surface area (Å²) >= 11 is 0. The Hall–Kier alpha value is -2.56. The van der Waals surface area contributed by atoms with Gasteiger partial charge in [0.1, 0.15) is 24.2 Å². The summed E-state index contributed by atoms with van der Waals surface area (Å²) in [5.41, 5.74) is 4.86. The van der Waals surface area contributed by atoms with Gasteiger partial charge in [-0.3, -0.25) is 4.90 Å². The van der Waals surface area contributed by atoms with Crippen LogP contribution >= 0.6 is 0 Å². The first-order valence-corrected chi connectivity index (χ1v) is 10.2. The third-order valence-electron chi connectivity index (χ3n) is 4.90. The smallest absolute Gasteiger partial charge is 0.119 e. The number of rotatable bonds is 10. The van der Waals surface area contributed by atoms with E-state index in [9.17, 15) is 5.11 Å². The Morgan fingerprint density at radius 3 is 2.28 bits per heavy atom. The average Bonchev–Trinajstić information content (AvgIpc) is 3.19. The van der Waals surface area contributed by atoms with Gasteiger partial charge in [-0.25, -0.2) is 0 Å². The van der Waals surface area contributed by atoms with E-state index in [4.69, 9.17) is 9.15 Å². The second-order valence-electron chi connectivity index (χ2n) is 7.71. The molecular weight excluding hydrogens is 362 g/mol. The molecule has 0 aliphatic heterocycles. The van der Waals surface area contributed by atoms with Crippen LogP contribution in [0.25, 0.3) is 0 Å². The van der Waals surface area contributed by atoms with Crippen LogP contribution in [0.15, 0.2) is 65.3 Å². The first-order valence-electron chi connectivity index (χ1n) is 10.2. The summed E-state index contributed by atoms with van der Waals surface area (Å²) < 4.78 is 11.4. The molecule has 0 bridgehead atoms. The molecule has 4 nitrogen and oxygen atoms in total. The first-order chi connectivity index (χ1) is 14.0. The molecule has 2 aromatic carbocycles. The summed E-state index contributed by atoms with van der Waals surface area (Å²) in [4.78, 5) is 2.19. The normalized spacial score (nSPS) is 12.3. The Balaban J connectivity index is 1.61. The number of furan rings is 1. The van der Waals surface area contributed by atoms with Crippen molar-refractivity contribution in [3.63, 3.8) is 0 Å². The molecule has 3 aromatic rings. The number of nitrogens with zero attached hydrogens (tertiary/aromatic N) is 1. The number of aliphatic hydroxyl groups excluding tert-OH is 1. The number of hydrogen-bond donors (Lipinski definition) is 1. The van der Waals surface area contributed by atoms with Gasteiger partial charge in [-0.2, -0.15) is 0 Å². The molecule has 0 saturated heterocycles. The minimum Gasteiger partial charge on any atom is -0.491 e. The minimum atomic E-state index is -0.597. The summed E-state index contributed by atoms with van der Waals surface area (Å²) in [6.45, 7) is 8.39. The molecule has 0 aliphatic carbocycles. The molecule has 0 radical (unpaired) electrons. The monoisotopic (exact) mass is 393 g/mol. The number of aliphatic hydroxyl groups is 1. The number of benzene rings is 2. The van der Waals surface area contributed by atoms with Crippen molar-refractivity contribution < 1.29 is 14.3 Å². The summed E-state index contributed by atoms with van der Waals surface area (Å²) in [5.74, 6) is 1.69. The van der Waals surface area contributed by atoms with Gasteiger partial charge in [-0.05, 0) is 66.8 Å². The summed E-state index contributed by atoms with van der Waals surface area (Å²) in [6, 6.07) is 18.6. The van der Waals surface area contributed by atoms with Crippen LogP contribution in [0.4, 0.5) is 0 Å². The Morgan fingerprint density at radius 2 is 1.66 bits per heavy atom. The van der Waals surface area contributed by atoms with Crippen molar-refractivity contribution in [2.45, 2.75) is 46.4 Å². The van der Waals surface area contributed by atoms with Crippen molar-refractivity contribution in [2.24, 2.45) is 0 Å². The van der Waals surface area contributed by atoms with E-state index in [1.807, 2.05) is 38.1 Å². The summed E-state index contributed by atoms with van der Waals surface area (Å²) in [6.07, 6.45) is 2.12. The van der Waals surface area contributed by atoms with Crippen LogP contribution in [0.2, 0.25) is 0 Å². The van der Waals surface area contributed by atoms with E-state index < -0.39 is 6.10 Å². The van der Waals surface area contributed by atoms with Gasteiger partial charge in [0.2, 0.25) is 0 Å². The molecule has 0 amide bonds. The van der Waals surface area contributed by atoms with Crippen LogP contribution in [0.5, 0.6) is 5.75 Å². The quantitative estimate of drug-likeness (QED) is 0.532. The van der Waals surface area contributed by atoms with Crippen LogP contribution in [-0.4, -0.2) is 29.3 Å². The number of aryl methyl sites for hydroxylation is 3. The van der Waals surface area contributed by atoms with E-state index in [2.05, 4.69) is 42.2 Å². The van der Waals surface area contributed by atoms with Gasteiger partial charge in [0.15, 0.2) is 0 Å². The van der Waals surface area contributed by atoms with Crippen LogP contribution in [0, 0.1) is 13.8 Å². The van der Waals surface area contributed by atoms with Crippen molar-refractivity contribution in [2.75, 3.05) is 13.2 Å². The van der Waals surface area contributed by atoms with Crippen molar-refractivity contribution in [1.82, 2.24) is 4.90 Å². The average molecular weight is 394 g/mol. The zero-order valence-corrected chi connectivity index (χ0v) is 17.6. The van der Waals surface area contributed by atoms with Gasteiger partial charge < -0.3 is 14.3 Å². The highest BCUT2D eigenvalue weighted by atomic mass is 16.5. The SMILES string of the molecule is CCc1ccc(CN(Cc2ccco2)CC(O)COc2cc(C)cc(C)c2)cc1. The summed E-state index contributed by atoms with van der Waals surface area (Å²) in [5, 5.41) is 10.6. The van der Waals surface area contributed by atoms with E-state index in [1.165, 1.54) is 11.1 Å². The van der Waals surface area contributed by atoms with Gasteiger partial charge in [0.25, 0.3) is 0 Å². The Labute approximate surface area is 173 Å². The molecule has 3 rings (SSSR count). The van der Waals surface area contributed by atoms with E-state index in [-0.39, 0.29) is 6.61 Å². The fourth-order valence-corrected chi connectivity index (χ4v) is 3.51. The Morgan fingerprint density at radius 1 is 0.966 bits per heavy atom. The first kappa shape index (κ1) is 21.2. The van der Waals surface area contributed by atoms with Crippen LogP contribution in [0.3, 0.4) is 0 Å². The molecule has 1 aromatic heterocycles. The molecule has 0 saturated carbocycles. The maximum Gasteiger partial charge on any atom is 0.119 e. The van der Waals surface area contributed by atoms with Gasteiger partial charge in [0.05, 0.1) is 12.8 Å². The van der Waals surface area contributed by atoms with Gasteiger partial charge in [-0.1, -0.05) is 37.3 Å². The highest BCUT2D eigenvalue weighted by Gasteiger charge is 2.15. The second-order valence-corrected chi connectivity index (χ2v) is 7.71. The topological polar surface area (TPSA) is 45.8 Å². The fraction of sp³-hybridized carbons (Fsp3) is 0.360. The van der Waals surface area contributed by atoms with E-state index >= 15 is 0 Å². The Bertz CT molecular complexity index is 851. The molecular formula is C25H31NO3. The Kier molecular flexibility index (Phi) is 7.50. The molecule has 4 heteroatoms. The number of hydrogen-bond acceptors (Lipinski definition) is 4. The molecule has 154 valence electrons. The highest BCUT2D eigenvalue weighted by Crippen LogP contribution is 2.17. The van der Waals surface area contributed by atoms with Crippen LogP contribution in [-0.2, 0) is 19.5 Å². The van der Waals surface area contributed by atoms with Gasteiger partial charge in [0, 0.05) is 13.1 Å². The van der Waals surface area contributed by atoms with Gasteiger partial charge in [-0.15, -0.1) is 0 Å². The maximum absolute atomic E-state index is 10.6. The molecule has 1 heterocycles. The molecule has 1 atom stereocenters. The molecule has 0 fully saturated rings. The number of ether oxygens (including phenoxy) is 1. The van der Waals surface area contributed by atoms with E-state index in [0.717, 1.165) is 35.6 Å². The van der Waals surface area contributed by atoms with Crippen molar-refractivity contribution in [1.29, 1.82) is 0 Å². The molecule has 1 unspecified atom stereocenters. The zero-order chi connectivity index (χ0) is 20.6. The van der Waals surface area contributed by atoms with Crippen LogP contribution in [0.1, 0.15) is 34.9 Å². The third kappa shape index (κ3) is 6.77. The van der Waals surface area contributed by atoms with Gasteiger partial charge >= 0.3 is 0 Å². The van der Waals surface area contributed by atoms with Crippen molar-refractivity contribution in [3.8, 4) is 5.75 Å².